The quantitative estimate of drug-likeness (QED) is 0.797. The Morgan fingerprint density at radius 1 is 1.23 bits per heavy atom. The number of cyclic esters (lactones) is 1. The number of hydrogen-bond donors (Lipinski definition) is 2. The topological polar surface area (TPSA) is 107 Å². The van der Waals surface area contributed by atoms with E-state index in [1.807, 2.05) is 36.4 Å². The molecule has 0 saturated carbocycles. The number of pyridine rings is 1. The molecule has 2 fully saturated rings. The summed E-state index contributed by atoms with van der Waals surface area (Å²) in [6.45, 7) is 5.89. The first-order valence-electron chi connectivity index (χ1n) is 10.0. The van der Waals surface area contributed by atoms with Gasteiger partial charge in [-0.15, -0.1) is 0 Å². The maximum absolute atomic E-state index is 12.0. The van der Waals surface area contributed by atoms with Crippen LogP contribution in [-0.2, 0) is 14.3 Å². The molecule has 4 rings (SSSR count). The van der Waals surface area contributed by atoms with Gasteiger partial charge in [-0.1, -0.05) is 25.1 Å². The van der Waals surface area contributed by atoms with Crippen LogP contribution in [0.25, 0.3) is 11.1 Å². The van der Waals surface area contributed by atoms with Gasteiger partial charge in [-0.05, 0) is 35.2 Å². The summed E-state index contributed by atoms with van der Waals surface area (Å²) < 4.78 is 10.3. The van der Waals surface area contributed by atoms with Crippen molar-refractivity contribution in [3.63, 3.8) is 0 Å². The SMILES string of the molecule is CC(=O)NCC1CN(c2ccc(-c3cccnc3)cc2)C(=O)O1.C[C@@H]1COCC1N. The van der Waals surface area contributed by atoms with Crippen molar-refractivity contribution < 1.29 is 19.1 Å². The molecule has 2 aliphatic rings. The van der Waals surface area contributed by atoms with Gasteiger partial charge in [-0.2, -0.15) is 0 Å². The molecule has 2 aliphatic heterocycles. The van der Waals surface area contributed by atoms with Crippen molar-refractivity contribution in [1.29, 1.82) is 0 Å². The van der Waals surface area contributed by atoms with Crippen molar-refractivity contribution in [2.24, 2.45) is 11.7 Å². The molecule has 0 bridgehead atoms. The molecule has 1 aromatic carbocycles. The standard InChI is InChI=1S/C17H17N3O3.C5H11NO/c1-12(21)19-10-16-11-20(17(22)23-16)15-6-4-13(5-7-15)14-3-2-8-18-9-14;1-4-2-7-3-5(4)6/h2-9,16H,10-11H2,1H3,(H,19,21);4-5H,2-3,6H2,1H3/t;4-,5?/m.1/s1. The van der Waals surface area contributed by atoms with Crippen molar-refractivity contribution in [3.8, 4) is 11.1 Å². The lowest BCUT2D eigenvalue weighted by Crippen LogP contribution is -2.33. The molecule has 2 unspecified atom stereocenters. The van der Waals surface area contributed by atoms with Gasteiger partial charge in [0.2, 0.25) is 5.91 Å². The van der Waals surface area contributed by atoms with Crippen molar-refractivity contribution >= 4 is 17.7 Å². The van der Waals surface area contributed by atoms with Crippen LogP contribution >= 0.6 is 0 Å². The average molecular weight is 412 g/mol. The Balaban J connectivity index is 0.000000310. The first-order valence-corrected chi connectivity index (χ1v) is 10.0. The molecule has 1 aromatic heterocycles. The molecule has 3 heterocycles. The van der Waals surface area contributed by atoms with Crippen LogP contribution < -0.4 is 16.0 Å². The molecule has 0 radical (unpaired) electrons. The monoisotopic (exact) mass is 412 g/mol. The summed E-state index contributed by atoms with van der Waals surface area (Å²) in [4.78, 5) is 28.6. The maximum Gasteiger partial charge on any atom is 0.414 e. The third-order valence-electron chi connectivity index (χ3n) is 5.05. The number of anilines is 1. The van der Waals surface area contributed by atoms with Crippen molar-refractivity contribution in [1.82, 2.24) is 10.3 Å². The van der Waals surface area contributed by atoms with Gasteiger partial charge in [0.05, 0.1) is 26.3 Å². The number of carbonyl (C=O) groups excluding carboxylic acids is 2. The van der Waals surface area contributed by atoms with E-state index >= 15 is 0 Å². The zero-order chi connectivity index (χ0) is 21.5. The normalized spacial score (nSPS) is 22.8. The molecule has 2 amide bonds. The Kier molecular flexibility index (Phi) is 7.37. The van der Waals surface area contributed by atoms with E-state index in [2.05, 4.69) is 17.2 Å². The highest BCUT2D eigenvalue weighted by Crippen LogP contribution is 2.25. The number of nitrogens with two attached hydrogens (primary N) is 1. The van der Waals surface area contributed by atoms with E-state index in [0.29, 0.717) is 25.0 Å². The van der Waals surface area contributed by atoms with Crippen LogP contribution in [0.4, 0.5) is 10.5 Å². The molecule has 30 heavy (non-hydrogen) atoms. The Hall–Kier alpha value is -2.97. The second-order valence-electron chi connectivity index (χ2n) is 7.52. The zero-order valence-corrected chi connectivity index (χ0v) is 17.3. The van der Waals surface area contributed by atoms with E-state index in [4.69, 9.17) is 15.2 Å². The number of rotatable bonds is 4. The number of aromatic nitrogens is 1. The molecular weight excluding hydrogens is 384 g/mol. The molecule has 0 aliphatic carbocycles. The van der Waals surface area contributed by atoms with E-state index in [0.717, 1.165) is 30.0 Å². The Labute approximate surface area is 176 Å². The molecule has 2 aromatic rings. The lowest BCUT2D eigenvalue weighted by atomic mass is 10.1. The zero-order valence-electron chi connectivity index (χ0n) is 17.3. The fourth-order valence-electron chi connectivity index (χ4n) is 3.14. The fourth-order valence-corrected chi connectivity index (χ4v) is 3.14. The number of hydrogen-bond acceptors (Lipinski definition) is 6. The van der Waals surface area contributed by atoms with E-state index in [1.165, 1.54) is 6.92 Å². The second-order valence-corrected chi connectivity index (χ2v) is 7.52. The van der Waals surface area contributed by atoms with E-state index < -0.39 is 6.09 Å². The number of amides is 2. The fraction of sp³-hybridized carbons (Fsp3) is 0.409. The Morgan fingerprint density at radius 2 is 2.00 bits per heavy atom. The summed E-state index contributed by atoms with van der Waals surface area (Å²) in [5.74, 6) is 0.431. The van der Waals surface area contributed by atoms with Crippen LogP contribution in [0, 0.1) is 5.92 Å². The molecule has 0 spiro atoms. The number of nitrogens with one attached hydrogen (secondary N) is 1. The third-order valence-corrected chi connectivity index (χ3v) is 5.05. The van der Waals surface area contributed by atoms with Gasteiger partial charge >= 0.3 is 6.09 Å². The van der Waals surface area contributed by atoms with Gasteiger partial charge < -0.3 is 20.5 Å². The highest BCUT2D eigenvalue weighted by molar-refractivity contribution is 5.90. The van der Waals surface area contributed by atoms with Crippen LogP contribution in [0.1, 0.15) is 13.8 Å². The van der Waals surface area contributed by atoms with Crippen LogP contribution in [0.15, 0.2) is 48.8 Å². The Morgan fingerprint density at radius 3 is 2.53 bits per heavy atom. The molecule has 3 N–H and O–H groups in total. The number of nitrogens with zero attached hydrogens (tertiary/aromatic N) is 2. The van der Waals surface area contributed by atoms with E-state index in [9.17, 15) is 9.59 Å². The number of benzene rings is 1. The molecular formula is C22H28N4O4. The molecule has 160 valence electrons. The largest absolute Gasteiger partial charge is 0.442 e. The van der Waals surface area contributed by atoms with Gasteiger partial charge in [0.25, 0.3) is 0 Å². The van der Waals surface area contributed by atoms with Crippen molar-refractivity contribution in [2.75, 3.05) is 31.2 Å². The Bertz CT molecular complexity index is 836. The van der Waals surface area contributed by atoms with Gasteiger partial charge in [-0.25, -0.2) is 4.79 Å². The van der Waals surface area contributed by atoms with Crippen LogP contribution in [0.3, 0.4) is 0 Å². The predicted molar refractivity (Wildman–Crippen MR) is 114 cm³/mol. The number of carbonyl (C=O) groups is 2. The van der Waals surface area contributed by atoms with Crippen LogP contribution in [0.5, 0.6) is 0 Å². The van der Waals surface area contributed by atoms with Crippen LogP contribution in [0.2, 0.25) is 0 Å². The van der Waals surface area contributed by atoms with E-state index in [-0.39, 0.29) is 12.0 Å². The lowest BCUT2D eigenvalue weighted by molar-refractivity contribution is -0.119. The molecule has 8 nitrogen and oxygen atoms in total. The maximum atomic E-state index is 12.0. The van der Waals surface area contributed by atoms with Crippen molar-refractivity contribution in [3.05, 3.63) is 48.8 Å². The third kappa shape index (κ3) is 5.77. The number of ether oxygens (including phenoxy) is 2. The highest BCUT2D eigenvalue weighted by atomic mass is 16.6. The smallest absolute Gasteiger partial charge is 0.414 e. The minimum atomic E-state index is -0.394. The van der Waals surface area contributed by atoms with Gasteiger partial charge in [-0.3, -0.25) is 14.7 Å². The first-order chi connectivity index (χ1) is 14.4. The summed E-state index contributed by atoms with van der Waals surface area (Å²) in [5, 5.41) is 2.66. The van der Waals surface area contributed by atoms with Gasteiger partial charge in [0.1, 0.15) is 6.10 Å². The molecule has 8 heteroatoms. The van der Waals surface area contributed by atoms with Gasteiger partial charge in [0.15, 0.2) is 0 Å². The summed E-state index contributed by atoms with van der Waals surface area (Å²) in [7, 11) is 0. The minimum absolute atomic E-state index is 0.139. The average Bonchev–Trinajstić information content (AvgIpc) is 3.32. The molecule has 2 saturated heterocycles. The summed E-state index contributed by atoms with van der Waals surface area (Å²) in [6.07, 6.45) is 2.80. The summed E-state index contributed by atoms with van der Waals surface area (Å²) in [6, 6.07) is 11.8. The second kappa shape index (κ2) is 10.2. The van der Waals surface area contributed by atoms with Crippen LogP contribution in [-0.4, -0.2) is 55.4 Å². The lowest BCUT2D eigenvalue weighted by Gasteiger charge is -2.13. The predicted octanol–water partition coefficient (Wildman–Crippen LogP) is 2.19. The minimum Gasteiger partial charge on any atom is -0.442 e. The van der Waals surface area contributed by atoms with Crippen molar-refractivity contribution in [2.45, 2.75) is 26.0 Å². The van der Waals surface area contributed by atoms with Gasteiger partial charge in [0, 0.05) is 31.0 Å². The highest BCUT2D eigenvalue weighted by Gasteiger charge is 2.32. The summed E-state index contributed by atoms with van der Waals surface area (Å²) >= 11 is 0. The summed E-state index contributed by atoms with van der Waals surface area (Å²) in [5.41, 5.74) is 8.38. The molecule has 3 atom stereocenters. The first kappa shape index (κ1) is 21.7. The van der Waals surface area contributed by atoms with E-state index in [1.54, 1.807) is 17.3 Å².